The summed E-state index contributed by atoms with van der Waals surface area (Å²) in [7, 11) is 0. The molecule has 1 N–H and O–H groups in total. The molecule has 1 fully saturated rings. The van der Waals surface area contributed by atoms with Crippen LogP contribution in [0.5, 0.6) is 0 Å². The number of carbonyl (C=O) groups excluding carboxylic acids is 1. The van der Waals surface area contributed by atoms with Crippen LogP contribution in [0.4, 0.5) is 23.2 Å². The molecule has 0 aliphatic carbocycles. The predicted octanol–water partition coefficient (Wildman–Crippen LogP) is 4.35. The van der Waals surface area contributed by atoms with Gasteiger partial charge < -0.3 is 9.80 Å². The number of benzene rings is 2. The van der Waals surface area contributed by atoms with Crippen LogP contribution in [0, 0.1) is 37.1 Å². The highest BCUT2D eigenvalue weighted by molar-refractivity contribution is 7.80. The van der Waals surface area contributed by atoms with E-state index >= 15 is 0 Å². The summed E-state index contributed by atoms with van der Waals surface area (Å²) < 4.78 is 55.8. The Bertz CT molecular complexity index is 976. The molecule has 1 heterocycles. The van der Waals surface area contributed by atoms with E-state index in [2.05, 4.69) is 5.32 Å². The molecule has 0 bridgehead atoms. The number of halogens is 5. The summed E-state index contributed by atoms with van der Waals surface area (Å²) in [6, 6.07) is 5.41. The van der Waals surface area contributed by atoms with E-state index in [0.29, 0.717) is 5.56 Å². The Morgan fingerprint density at radius 3 is 1.93 bits per heavy atom. The Balaban J connectivity index is 1.67. The molecule has 10 heteroatoms. The summed E-state index contributed by atoms with van der Waals surface area (Å²) in [6.45, 7) is 4.21. The standard InChI is InChI=1S/C20H18ClF4N3OS/c1-10-7-11(2)9-12(8-10)19(29)26-20(30)28-5-3-27(4-6-28)18-16(24)14(22)13(21)15(23)17(18)25/h7-9H,3-6H2,1-2H3,(H,26,29,30). The van der Waals surface area contributed by atoms with Crippen LogP contribution < -0.4 is 10.2 Å². The van der Waals surface area contributed by atoms with E-state index in [0.717, 1.165) is 11.1 Å². The summed E-state index contributed by atoms with van der Waals surface area (Å²) in [5.74, 6) is -6.72. The van der Waals surface area contributed by atoms with E-state index in [9.17, 15) is 22.4 Å². The Labute approximate surface area is 181 Å². The molecule has 0 spiro atoms. The number of hydrogen-bond acceptors (Lipinski definition) is 3. The van der Waals surface area contributed by atoms with Crippen LogP contribution in [-0.4, -0.2) is 42.1 Å². The summed E-state index contributed by atoms with van der Waals surface area (Å²) in [6.07, 6.45) is 0. The molecule has 0 unspecified atom stereocenters. The lowest BCUT2D eigenvalue weighted by molar-refractivity contribution is 0.0973. The minimum atomic E-state index is -1.63. The molecule has 1 saturated heterocycles. The molecule has 1 aliphatic heterocycles. The van der Waals surface area contributed by atoms with Gasteiger partial charge in [0.25, 0.3) is 5.91 Å². The van der Waals surface area contributed by atoms with Crippen molar-refractivity contribution in [1.82, 2.24) is 10.2 Å². The van der Waals surface area contributed by atoms with Crippen LogP contribution in [0.15, 0.2) is 18.2 Å². The lowest BCUT2D eigenvalue weighted by Crippen LogP contribution is -2.53. The first-order chi connectivity index (χ1) is 14.1. The highest BCUT2D eigenvalue weighted by Gasteiger charge is 2.30. The van der Waals surface area contributed by atoms with Crippen molar-refractivity contribution in [3.8, 4) is 0 Å². The van der Waals surface area contributed by atoms with Crippen LogP contribution >= 0.6 is 23.8 Å². The molecule has 2 aromatic carbocycles. The van der Waals surface area contributed by atoms with E-state index in [1.165, 1.54) is 4.90 Å². The van der Waals surface area contributed by atoms with E-state index in [-0.39, 0.29) is 37.2 Å². The van der Waals surface area contributed by atoms with E-state index in [1.54, 1.807) is 17.0 Å². The Kier molecular flexibility index (Phi) is 6.52. The van der Waals surface area contributed by atoms with Crippen LogP contribution in [-0.2, 0) is 0 Å². The molecule has 160 valence electrons. The average Bonchev–Trinajstić information content (AvgIpc) is 2.70. The molecule has 0 radical (unpaired) electrons. The molecule has 0 aromatic heterocycles. The molecule has 3 rings (SSSR count). The maximum Gasteiger partial charge on any atom is 0.257 e. The first-order valence-corrected chi connectivity index (χ1v) is 9.83. The second kappa shape index (κ2) is 8.77. The van der Waals surface area contributed by atoms with Crippen molar-refractivity contribution in [2.75, 3.05) is 31.1 Å². The third-order valence-electron chi connectivity index (χ3n) is 4.77. The molecule has 1 aliphatic rings. The molecule has 30 heavy (non-hydrogen) atoms. The van der Waals surface area contributed by atoms with Crippen LogP contribution in [0.1, 0.15) is 21.5 Å². The number of aryl methyl sites for hydroxylation is 2. The lowest BCUT2D eigenvalue weighted by atomic mass is 10.1. The highest BCUT2D eigenvalue weighted by atomic mass is 35.5. The monoisotopic (exact) mass is 459 g/mol. The second-order valence-corrected chi connectivity index (χ2v) is 7.79. The van der Waals surface area contributed by atoms with Gasteiger partial charge in [0.05, 0.1) is 0 Å². The normalized spacial score (nSPS) is 14.1. The van der Waals surface area contributed by atoms with Gasteiger partial charge in [-0.1, -0.05) is 28.8 Å². The van der Waals surface area contributed by atoms with Crippen molar-refractivity contribution in [2.45, 2.75) is 13.8 Å². The molecule has 4 nitrogen and oxygen atoms in total. The zero-order valence-electron chi connectivity index (χ0n) is 16.2. The molecule has 2 aromatic rings. The van der Waals surface area contributed by atoms with Gasteiger partial charge in [0.15, 0.2) is 28.4 Å². The summed E-state index contributed by atoms with van der Waals surface area (Å²) in [4.78, 5) is 15.3. The van der Waals surface area contributed by atoms with Gasteiger partial charge >= 0.3 is 0 Å². The Morgan fingerprint density at radius 1 is 0.933 bits per heavy atom. The van der Waals surface area contributed by atoms with Crippen molar-refractivity contribution in [2.24, 2.45) is 0 Å². The molecule has 1 amide bonds. The third-order valence-corrected chi connectivity index (χ3v) is 5.47. The number of hydrogen-bond donors (Lipinski definition) is 1. The fourth-order valence-electron chi connectivity index (χ4n) is 3.36. The fraction of sp³-hybridized carbons (Fsp3) is 0.300. The summed E-state index contributed by atoms with van der Waals surface area (Å²) in [5.41, 5.74) is 1.53. The number of anilines is 1. The number of piperazine rings is 1. The zero-order valence-corrected chi connectivity index (χ0v) is 17.7. The fourth-order valence-corrected chi connectivity index (χ4v) is 3.80. The molecular formula is C20H18ClF4N3OS. The third kappa shape index (κ3) is 4.37. The van der Waals surface area contributed by atoms with Gasteiger partial charge in [-0.2, -0.15) is 0 Å². The average molecular weight is 460 g/mol. The topological polar surface area (TPSA) is 35.6 Å². The number of amides is 1. The predicted molar refractivity (Wildman–Crippen MR) is 111 cm³/mol. The number of rotatable bonds is 2. The number of thiocarbonyl (C=S) groups is 1. The van der Waals surface area contributed by atoms with Crippen molar-refractivity contribution < 1.29 is 22.4 Å². The summed E-state index contributed by atoms with van der Waals surface area (Å²) >= 11 is 10.5. The van der Waals surface area contributed by atoms with Crippen LogP contribution in [0.3, 0.4) is 0 Å². The van der Waals surface area contributed by atoms with Gasteiger partial charge in [-0.05, 0) is 38.2 Å². The van der Waals surface area contributed by atoms with Gasteiger partial charge in [0.2, 0.25) is 0 Å². The van der Waals surface area contributed by atoms with Crippen molar-refractivity contribution in [3.63, 3.8) is 0 Å². The molecule has 0 saturated carbocycles. The smallest absolute Gasteiger partial charge is 0.257 e. The first-order valence-electron chi connectivity index (χ1n) is 9.05. The summed E-state index contributed by atoms with van der Waals surface area (Å²) in [5, 5.41) is 1.58. The second-order valence-electron chi connectivity index (χ2n) is 7.03. The Hall–Kier alpha value is -2.39. The maximum atomic E-state index is 14.2. The maximum absolute atomic E-state index is 14.2. The zero-order chi connectivity index (χ0) is 22.2. The first kappa shape index (κ1) is 22.3. The van der Waals surface area contributed by atoms with Gasteiger partial charge in [-0.15, -0.1) is 0 Å². The lowest BCUT2D eigenvalue weighted by Gasteiger charge is -2.37. The number of nitrogens with one attached hydrogen (secondary N) is 1. The number of carbonyl (C=O) groups is 1. The van der Waals surface area contributed by atoms with E-state index in [1.807, 2.05) is 19.9 Å². The van der Waals surface area contributed by atoms with Gasteiger partial charge in [-0.3, -0.25) is 10.1 Å². The van der Waals surface area contributed by atoms with Crippen molar-refractivity contribution in [3.05, 3.63) is 63.2 Å². The number of nitrogens with zero attached hydrogens (tertiary/aromatic N) is 2. The quantitative estimate of drug-likeness (QED) is 0.313. The van der Waals surface area contributed by atoms with Gasteiger partial charge in [-0.25, -0.2) is 17.6 Å². The molecular weight excluding hydrogens is 442 g/mol. The van der Waals surface area contributed by atoms with Crippen molar-refractivity contribution >= 4 is 40.5 Å². The highest BCUT2D eigenvalue weighted by Crippen LogP contribution is 2.33. The van der Waals surface area contributed by atoms with Crippen LogP contribution in [0.2, 0.25) is 5.02 Å². The van der Waals surface area contributed by atoms with Gasteiger partial charge in [0.1, 0.15) is 10.7 Å². The van der Waals surface area contributed by atoms with E-state index < -0.39 is 34.0 Å². The Morgan fingerprint density at radius 2 is 1.43 bits per heavy atom. The van der Waals surface area contributed by atoms with Crippen molar-refractivity contribution in [1.29, 1.82) is 0 Å². The minimum absolute atomic E-state index is 0.0356. The SMILES string of the molecule is Cc1cc(C)cc(C(=O)NC(=S)N2CCN(c3c(F)c(F)c(Cl)c(F)c3F)CC2)c1. The minimum Gasteiger partial charge on any atom is -0.363 e. The largest absolute Gasteiger partial charge is 0.363 e. The van der Waals surface area contributed by atoms with E-state index in [4.69, 9.17) is 23.8 Å². The van der Waals surface area contributed by atoms with Gasteiger partial charge in [0, 0.05) is 31.7 Å². The van der Waals surface area contributed by atoms with Crippen LogP contribution in [0.25, 0.3) is 0 Å². The molecule has 0 atom stereocenters.